The topological polar surface area (TPSA) is 46.6 Å². The van der Waals surface area contributed by atoms with Crippen molar-refractivity contribution in [2.24, 2.45) is 5.92 Å². The van der Waals surface area contributed by atoms with Crippen LogP contribution in [0.1, 0.15) is 30.4 Å². The van der Waals surface area contributed by atoms with Gasteiger partial charge in [-0.25, -0.2) is 0 Å². The van der Waals surface area contributed by atoms with Gasteiger partial charge in [0.15, 0.2) is 0 Å². The number of likely N-dealkylation sites (tertiary alicyclic amines) is 1. The fraction of sp³-hybridized carbons (Fsp3) is 0.529. The van der Waals surface area contributed by atoms with Crippen LogP contribution in [0.3, 0.4) is 0 Å². The van der Waals surface area contributed by atoms with Gasteiger partial charge in [-0.3, -0.25) is 9.59 Å². The molecule has 1 amide bonds. The first-order chi connectivity index (χ1) is 10.1. The summed E-state index contributed by atoms with van der Waals surface area (Å²) in [5.41, 5.74) is 2.46. The van der Waals surface area contributed by atoms with Crippen LogP contribution < -0.4 is 0 Å². The smallest absolute Gasteiger partial charge is 0.308 e. The monoisotopic (exact) mass is 289 g/mol. The second kappa shape index (κ2) is 7.25. The van der Waals surface area contributed by atoms with Crippen LogP contribution in [0.4, 0.5) is 0 Å². The fourth-order valence-corrected chi connectivity index (χ4v) is 2.82. The molecular weight excluding hydrogens is 266 g/mol. The highest BCUT2D eigenvalue weighted by Crippen LogP contribution is 2.19. The van der Waals surface area contributed by atoms with Gasteiger partial charge in [0.1, 0.15) is 0 Å². The highest BCUT2D eigenvalue weighted by atomic mass is 16.5. The summed E-state index contributed by atoms with van der Waals surface area (Å²) in [6.45, 7) is 3.39. The van der Waals surface area contributed by atoms with E-state index in [1.54, 1.807) is 0 Å². The first-order valence-corrected chi connectivity index (χ1v) is 7.52. The summed E-state index contributed by atoms with van der Waals surface area (Å²) in [5, 5.41) is 0. The van der Waals surface area contributed by atoms with E-state index in [4.69, 9.17) is 4.74 Å². The van der Waals surface area contributed by atoms with E-state index >= 15 is 0 Å². The Kier molecular flexibility index (Phi) is 5.37. The number of benzene rings is 1. The van der Waals surface area contributed by atoms with E-state index in [1.165, 1.54) is 18.2 Å². The summed E-state index contributed by atoms with van der Waals surface area (Å²) < 4.78 is 4.76. The minimum Gasteiger partial charge on any atom is -0.469 e. The van der Waals surface area contributed by atoms with Gasteiger partial charge in [0.2, 0.25) is 5.91 Å². The molecule has 0 saturated carbocycles. The Morgan fingerprint density at radius 1 is 1.24 bits per heavy atom. The van der Waals surface area contributed by atoms with Gasteiger partial charge in [0.25, 0.3) is 0 Å². The second-order valence-corrected chi connectivity index (χ2v) is 5.60. The number of carbonyl (C=O) groups is 2. The number of methoxy groups -OCH3 is 1. The normalized spacial score (nSPS) is 15.8. The van der Waals surface area contributed by atoms with Crippen molar-refractivity contribution < 1.29 is 14.3 Å². The zero-order valence-electron chi connectivity index (χ0n) is 12.8. The van der Waals surface area contributed by atoms with Crippen molar-refractivity contribution in [3.05, 3.63) is 35.4 Å². The fourth-order valence-electron chi connectivity index (χ4n) is 2.82. The first kappa shape index (κ1) is 15.5. The predicted octanol–water partition coefficient (Wildman–Crippen LogP) is 2.34. The molecule has 1 saturated heterocycles. The lowest BCUT2D eigenvalue weighted by atomic mass is 9.96. The molecule has 1 heterocycles. The van der Waals surface area contributed by atoms with Gasteiger partial charge in [0.05, 0.1) is 13.0 Å². The van der Waals surface area contributed by atoms with Crippen LogP contribution in [0, 0.1) is 12.8 Å². The summed E-state index contributed by atoms with van der Waals surface area (Å²) in [4.78, 5) is 25.6. The number of amides is 1. The standard InChI is InChI=1S/C17H23NO3/c1-13-5-3-4-6-14(13)7-8-16(19)18-11-9-15(10-12-18)17(20)21-2/h3-6,15H,7-12H2,1-2H3. The maximum Gasteiger partial charge on any atom is 0.308 e. The summed E-state index contributed by atoms with van der Waals surface area (Å²) in [7, 11) is 1.42. The minimum absolute atomic E-state index is 0.0459. The number of aryl methyl sites for hydroxylation is 2. The maximum atomic E-state index is 12.2. The van der Waals surface area contributed by atoms with Crippen molar-refractivity contribution in [2.45, 2.75) is 32.6 Å². The highest BCUT2D eigenvalue weighted by molar-refractivity contribution is 5.77. The molecule has 0 aliphatic carbocycles. The van der Waals surface area contributed by atoms with Crippen LogP contribution in [0.25, 0.3) is 0 Å². The third-order valence-corrected chi connectivity index (χ3v) is 4.25. The molecule has 1 aromatic rings. The van der Waals surface area contributed by atoms with Gasteiger partial charge in [0, 0.05) is 19.5 Å². The third kappa shape index (κ3) is 4.06. The van der Waals surface area contributed by atoms with Gasteiger partial charge in [-0.05, 0) is 37.3 Å². The summed E-state index contributed by atoms with van der Waals surface area (Å²) in [6, 6.07) is 8.17. The lowest BCUT2D eigenvalue weighted by molar-refractivity contribution is -0.148. The minimum atomic E-state index is -0.151. The average molecular weight is 289 g/mol. The number of nitrogens with zero attached hydrogens (tertiary/aromatic N) is 1. The number of hydrogen-bond acceptors (Lipinski definition) is 3. The maximum absolute atomic E-state index is 12.2. The predicted molar refractivity (Wildman–Crippen MR) is 80.8 cm³/mol. The van der Waals surface area contributed by atoms with E-state index in [-0.39, 0.29) is 17.8 Å². The summed E-state index contributed by atoms with van der Waals surface area (Å²) in [5.74, 6) is -0.0148. The van der Waals surface area contributed by atoms with E-state index in [1.807, 2.05) is 17.0 Å². The quantitative estimate of drug-likeness (QED) is 0.799. The summed E-state index contributed by atoms with van der Waals surface area (Å²) >= 11 is 0. The lowest BCUT2D eigenvalue weighted by Gasteiger charge is -2.30. The zero-order chi connectivity index (χ0) is 15.2. The van der Waals surface area contributed by atoms with Crippen LogP contribution in [0.15, 0.2) is 24.3 Å². The Labute approximate surface area is 126 Å². The van der Waals surface area contributed by atoms with Crippen LogP contribution in [-0.4, -0.2) is 37.0 Å². The largest absolute Gasteiger partial charge is 0.469 e. The van der Waals surface area contributed by atoms with Crippen LogP contribution in [-0.2, 0) is 20.7 Å². The van der Waals surface area contributed by atoms with Gasteiger partial charge < -0.3 is 9.64 Å². The molecule has 4 nitrogen and oxygen atoms in total. The molecule has 4 heteroatoms. The van der Waals surface area contributed by atoms with Crippen LogP contribution in [0.2, 0.25) is 0 Å². The number of carbonyl (C=O) groups excluding carboxylic acids is 2. The Balaban J connectivity index is 1.80. The Morgan fingerprint density at radius 2 is 1.90 bits per heavy atom. The lowest BCUT2D eigenvalue weighted by Crippen LogP contribution is -2.40. The van der Waals surface area contributed by atoms with Crippen molar-refractivity contribution >= 4 is 11.9 Å². The van der Waals surface area contributed by atoms with E-state index in [9.17, 15) is 9.59 Å². The molecule has 114 valence electrons. The molecule has 1 aromatic carbocycles. The number of ether oxygens (including phenoxy) is 1. The van der Waals surface area contributed by atoms with Gasteiger partial charge >= 0.3 is 5.97 Å². The Hall–Kier alpha value is -1.84. The van der Waals surface area contributed by atoms with E-state index in [0.29, 0.717) is 32.4 Å². The van der Waals surface area contributed by atoms with Crippen molar-refractivity contribution in [3.8, 4) is 0 Å². The van der Waals surface area contributed by atoms with E-state index in [0.717, 1.165) is 6.42 Å². The number of hydrogen-bond donors (Lipinski definition) is 0. The van der Waals surface area contributed by atoms with E-state index in [2.05, 4.69) is 19.1 Å². The molecule has 0 radical (unpaired) electrons. The molecule has 1 aliphatic rings. The Morgan fingerprint density at radius 3 is 2.52 bits per heavy atom. The molecule has 21 heavy (non-hydrogen) atoms. The molecule has 0 bridgehead atoms. The molecule has 1 aliphatic heterocycles. The second-order valence-electron chi connectivity index (χ2n) is 5.60. The number of rotatable bonds is 4. The van der Waals surface area contributed by atoms with Crippen molar-refractivity contribution in [1.29, 1.82) is 0 Å². The highest BCUT2D eigenvalue weighted by Gasteiger charge is 2.27. The van der Waals surface area contributed by atoms with Gasteiger partial charge in [-0.2, -0.15) is 0 Å². The molecule has 0 aromatic heterocycles. The average Bonchev–Trinajstić information content (AvgIpc) is 2.53. The third-order valence-electron chi connectivity index (χ3n) is 4.25. The van der Waals surface area contributed by atoms with Crippen molar-refractivity contribution in [2.75, 3.05) is 20.2 Å². The first-order valence-electron chi connectivity index (χ1n) is 7.52. The zero-order valence-corrected chi connectivity index (χ0v) is 12.8. The van der Waals surface area contributed by atoms with Crippen molar-refractivity contribution in [3.63, 3.8) is 0 Å². The van der Waals surface area contributed by atoms with Gasteiger partial charge in [-0.15, -0.1) is 0 Å². The molecule has 0 atom stereocenters. The van der Waals surface area contributed by atoms with Gasteiger partial charge in [-0.1, -0.05) is 24.3 Å². The number of piperidine rings is 1. The molecule has 0 N–H and O–H groups in total. The molecule has 0 spiro atoms. The molecule has 2 rings (SSSR count). The van der Waals surface area contributed by atoms with E-state index < -0.39 is 0 Å². The van der Waals surface area contributed by atoms with Crippen molar-refractivity contribution in [1.82, 2.24) is 4.90 Å². The molecule has 1 fully saturated rings. The Bertz CT molecular complexity index is 505. The molecule has 0 unspecified atom stereocenters. The summed E-state index contributed by atoms with van der Waals surface area (Å²) in [6.07, 6.45) is 2.74. The van der Waals surface area contributed by atoms with Crippen LogP contribution >= 0.6 is 0 Å². The number of esters is 1. The molecular formula is C17H23NO3. The van der Waals surface area contributed by atoms with Crippen LogP contribution in [0.5, 0.6) is 0 Å². The SMILES string of the molecule is COC(=O)C1CCN(C(=O)CCc2ccccc2C)CC1.